The molecule has 0 heterocycles. The highest BCUT2D eigenvalue weighted by Crippen LogP contribution is 2.32. The van der Waals surface area contributed by atoms with Gasteiger partial charge in [0.25, 0.3) is 0 Å². The van der Waals surface area contributed by atoms with Crippen molar-refractivity contribution in [2.45, 2.75) is 32.0 Å². The Morgan fingerprint density at radius 1 is 1.00 bits per heavy atom. The number of primary sulfonamides is 1. The van der Waals surface area contributed by atoms with Crippen LogP contribution in [0.5, 0.6) is 0 Å². The van der Waals surface area contributed by atoms with Crippen molar-refractivity contribution in [1.29, 1.82) is 0 Å². The molecular formula is C19H20F3NO3S. The standard InChI is InChI=1S/C19H20F3NO3S/c20-19(21,22)18-8-13(4-14(9-18)10-24)3-12-1-2-16-6-15(7-17(16)5-12)11-27(23,25)26/h1-2,4-5,8-9,15,24H,3,6-7,10-11H2,(H2,23,25,26). The Hall–Kier alpha value is -1.90. The van der Waals surface area contributed by atoms with Crippen LogP contribution in [-0.4, -0.2) is 19.3 Å². The van der Waals surface area contributed by atoms with E-state index in [1.165, 1.54) is 0 Å². The lowest BCUT2D eigenvalue weighted by molar-refractivity contribution is -0.137. The van der Waals surface area contributed by atoms with Gasteiger partial charge < -0.3 is 5.11 Å². The zero-order chi connectivity index (χ0) is 19.8. The van der Waals surface area contributed by atoms with Gasteiger partial charge >= 0.3 is 6.18 Å². The lowest BCUT2D eigenvalue weighted by atomic mass is 9.97. The summed E-state index contributed by atoms with van der Waals surface area (Å²) in [5.41, 5.74) is 2.80. The van der Waals surface area contributed by atoms with Gasteiger partial charge in [0.15, 0.2) is 0 Å². The fourth-order valence-electron chi connectivity index (χ4n) is 3.67. The summed E-state index contributed by atoms with van der Waals surface area (Å²) in [5.74, 6) is -0.148. The first-order valence-corrected chi connectivity index (χ1v) is 10.2. The molecule has 146 valence electrons. The van der Waals surface area contributed by atoms with Gasteiger partial charge in [-0.25, -0.2) is 13.6 Å². The summed E-state index contributed by atoms with van der Waals surface area (Å²) in [6.07, 6.45) is -2.96. The Labute approximate surface area is 155 Å². The molecule has 0 radical (unpaired) electrons. The normalized spacial score (nSPS) is 17.1. The van der Waals surface area contributed by atoms with Gasteiger partial charge in [0.05, 0.1) is 17.9 Å². The highest BCUT2D eigenvalue weighted by atomic mass is 32.2. The van der Waals surface area contributed by atoms with E-state index in [0.717, 1.165) is 28.8 Å². The third-order valence-electron chi connectivity index (χ3n) is 4.73. The molecule has 2 aromatic carbocycles. The van der Waals surface area contributed by atoms with Crippen LogP contribution in [0, 0.1) is 5.92 Å². The second-order valence-corrected chi connectivity index (χ2v) is 8.74. The zero-order valence-electron chi connectivity index (χ0n) is 14.5. The maximum atomic E-state index is 13.0. The first kappa shape index (κ1) is 19.9. The Kier molecular flexibility index (Phi) is 5.33. The molecule has 0 spiro atoms. The SMILES string of the molecule is NS(=O)(=O)CC1Cc2ccc(Cc3cc(CO)cc(C(F)(F)F)c3)cc2C1. The zero-order valence-corrected chi connectivity index (χ0v) is 15.3. The van der Waals surface area contributed by atoms with Crippen LogP contribution in [0.3, 0.4) is 0 Å². The van der Waals surface area contributed by atoms with Gasteiger partial charge in [0, 0.05) is 0 Å². The molecule has 3 rings (SSSR count). The van der Waals surface area contributed by atoms with Gasteiger partial charge in [-0.15, -0.1) is 0 Å². The van der Waals surface area contributed by atoms with E-state index < -0.39 is 28.4 Å². The van der Waals surface area contributed by atoms with Crippen LogP contribution < -0.4 is 5.14 Å². The lowest BCUT2D eigenvalue weighted by Gasteiger charge is -2.12. The number of hydrogen-bond acceptors (Lipinski definition) is 3. The number of sulfonamides is 1. The highest BCUT2D eigenvalue weighted by Gasteiger charge is 2.31. The first-order valence-electron chi connectivity index (χ1n) is 8.45. The number of benzene rings is 2. The summed E-state index contributed by atoms with van der Waals surface area (Å²) in [4.78, 5) is 0. The Bertz CT molecular complexity index is 955. The van der Waals surface area contributed by atoms with Crippen LogP contribution in [-0.2, 0) is 42.1 Å². The molecule has 1 aliphatic rings. The molecule has 3 N–H and O–H groups in total. The molecule has 0 amide bonds. The minimum Gasteiger partial charge on any atom is -0.392 e. The summed E-state index contributed by atoms with van der Waals surface area (Å²) >= 11 is 0. The van der Waals surface area contributed by atoms with Crippen molar-refractivity contribution < 1.29 is 26.7 Å². The van der Waals surface area contributed by atoms with E-state index in [1.807, 2.05) is 18.2 Å². The highest BCUT2D eigenvalue weighted by molar-refractivity contribution is 7.89. The number of aliphatic hydroxyl groups is 1. The number of fused-ring (bicyclic) bond motifs is 1. The fourth-order valence-corrected chi connectivity index (χ4v) is 4.57. The van der Waals surface area contributed by atoms with E-state index in [2.05, 4.69) is 0 Å². The minimum absolute atomic E-state index is 0.0696. The van der Waals surface area contributed by atoms with Crippen LogP contribution >= 0.6 is 0 Å². The van der Waals surface area contributed by atoms with Gasteiger partial charge in [0.1, 0.15) is 0 Å². The van der Waals surface area contributed by atoms with Crippen molar-refractivity contribution >= 4 is 10.0 Å². The number of nitrogens with two attached hydrogens (primary N) is 1. The molecule has 8 heteroatoms. The quantitative estimate of drug-likeness (QED) is 0.811. The van der Waals surface area contributed by atoms with E-state index in [-0.39, 0.29) is 17.2 Å². The van der Waals surface area contributed by atoms with Crippen molar-refractivity contribution in [3.8, 4) is 0 Å². The van der Waals surface area contributed by atoms with Crippen LogP contribution in [0.1, 0.15) is 33.4 Å². The summed E-state index contributed by atoms with van der Waals surface area (Å²) in [5, 5.41) is 14.4. The van der Waals surface area contributed by atoms with Crippen molar-refractivity contribution in [3.05, 3.63) is 69.8 Å². The average molecular weight is 399 g/mol. The maximum Gasteiger partial charge on any atom is 0.416 e. The number of hydrogen-bond donors (Lipinski definition) is 2. The number of halogens is 3. The lowest BCUT2D eigenvalue weighted by Crippen LogP contribution is -2.23. The Morgan fingerprint density at radius 2 is 1.67 bits per heavy atom. The van der Waals surface area contributed by atoms with Gasteiger partial charge in [0.2, 0.25) is 10.0 Å². The van der Waals surface area contributed by atoms with Crippen LogP contribution in [0.2, 0.25) is 0 Å². The molecule has 0 saturated carbocycles. The number of aliphatic hydroxyl groups excluding tert-OH is 1. The molecule has 0 aromatic heterocycles. The third kappa shape index (κ3) is 5.09. The van der Waals surface area contributed by atoms with E-state index >= 15 is 0 Å². The second-order valence-electron chi connectivity index (χ2n) is 7.08. The molecule has 0 bridgehead atoms. The largest absolute Gasteiger partial charge is 0.416 e. The second kappa shape index (κ2) is 7.26. The third-order valence-corrected chi connectivity index (χ3v) is 5.66. The molecule has 2 aromatic rings. The Balaban J connectivity index is 1.82. The summed E-state index contributed by atoms with van der Waals surface area (Å²) in [6, 6.07) is 9.26. The summed E-state index contributed by atoms with van der Waals surface area (Å²) in [7, 11) is -3.54. The molecular weight excluding hydrogens is 379 g/mol. The van der Waals surface area contributed by atoms with Gasteiger partial charge in [-0.2, -0.15) is 13.2 Å². The molecule has 0 saturated heterocycles. The molecule has 0 fully saturated rings. The van der Waals surface area contributed by atoms with Gasteiger partial charge in [-0.3, -0.25) is 0 Å². The molecule has 1 atom stereocenters. The molecule has 4 nitrogen and oxygen atoms in total. The van der Waals surface area contributed by atoms with Crippen LogP contribution in [0.15, 0.2) is 36.4 Å². The van der Waals surface area contributed by atoms with Crippen LogP contribution in [0.25, 0.3) is 0 Å². The van der Waals surface area contributed by atoms with Crippen molar-refractivity contribution in [1.82, 2.24) is 0 Å². The predicted octanol–water partition coefficient (Wildman–Crippen LogP) is 2.79. The first-order chi connectivity index (χ1) is 12.5. The van der Waals surface area contributed by atoms with Gasteiger partial charge in [-0.05, 0) is 65.1 Å². The van der Waals surface area contributed by atoms with Crippen molar-refractivity contribution in [3.63, 3.8) is 0 Å². The molecule has 0 aliphatic heterocycles. The predicted molar refractivity (Wildman–Crippen MR) is 95.5 cm³/mol. The molecule has 1 unspecified atom stereocenters. The Morgan fingerprint density at radius 3 is 2.30 bits per heavy atom. The summed E-state index contributed by atoms with van der Waals surface area (Å²) < 4.78 is 61.7. The van der Waals surface area contributed by atoms with E-state index in [4.69, 9.17) is 5.14 Å². The number of rotatable bonds is 5. The minimum atomic E-state index is -4.47. The topological polar surface area (TPSA) is 80.4 Å². The van der Waals surface area contributed by atoms with Crippen molar-refractivity contribution in [2.24, 2.45) is 11.1 Å². The average Bonchev–Trinajstić information content (AvgIpc) is 2.93. The van der Waals surface area contributed by atoms with E-state index in [1.54, 1.807) is 6.07 Å². The number of alkyl halides is 3. The van der Waals surface area contributed by atoms with Crippen molar-refractivity contribution in [2.75, 3.05) is 5.75 Å². The van der Waals surface area contributed by atoms with E-state index in [9.17, 15) is 26.7 Å². The molecule has 1 aliphatic carbocycles. The fraction of sp³-hybridized carbons (Fsp3) is 0.368. The van der Waals surface area contributed by atoms with Crippen LogP contribution in [0.4, 0.5) is 13.2 Å². The smallest absolute Gasteiger partial charge is 0.392 e. The van der Waals surface area contributed by atoms with E-state index in [0.29, 0.717) is 24.8 Å². The summed E-state index contributed by atoms with van der Waals surface area (Å²) in [6.45, 7) is -0.462. The monoisotopic (exact) mass is 399 g/mol. The maximum absolute atomic E-state index is 13.0. The van der Waals surface area contributed by atoms with Gasteiger partial charge in [-0.1, -0.05) is 24.3 Å². The molecule has 27 heavy (non-hydrogen) atoms.